The Bertz CT molecular complexity index is 1110. The Morgan fingerprint density at radius 2 is 1.47 bits per heavy atom. The summed E-state index contributed by atoms with van der Waals surface area (Å²) in [5.41, 5.74) is 2.35. The number of aryl methyl sites for hydroxylation is 1. The van der Waals surface area contributed by atoms with Crippen LogP contribution in [0.15, 0.2) is 89.6 Å². The average molecular weight is 419 g/mol. The largest absolute Gasteiger partial charge is 0.457 e. The Kier molecular flexibility index (Phi) is 5.55. The first-order chi connectivity index (χ1) is 14.6. The van der Waals surface area contributed by atoms with Crippen LogP contribution in [0, 0.1) is 0 Å². The van der Waals surface area contributed by atoms with E-state index in [1.54, 1.807) is 24.3 Å². The van der Waals surface area contributed by atoms with Gasteiger partial charge in [-0.2, -0.15) is 0 Å². The lowest BCUT2D eigenvalue weighted by atomic mass is 10.1. The number of imide groups is 1. The SMILES string of the molecule is CCc1ccc(NC2=C(Cl)C(=O)N(c3ccc(Oc4ccccc4)cc3)C2=O)cc1. The molecule has 0 spiro atoms. The zero-order valence-corrected chi connectivity index (χ0v) is 17.0. The standard InChI is InChI=1S/C24H19ClN2O3/c1-2-16-8-10-17(11-9-16)26-22-21(25)23(28)27(24(22)29)18-12-14-20(15-13-18)30-19-6-4-3-5-7-19/h3-15,26H,2H2,1H3. The van der Waals surface area contributed by atoms with Gasteiger partial charge in [0.05, 0.1) is 5.69 Å². The Hall–Kier alpha value is -3.57. The Morgan fingerprint density at radius 1 is 0.833 bits per heavy atom. The molecular weight excluding hydrogens is 400 g/mol. The van der Waals surface area contributed by atoms with Crippen LogP contribution in [0.4, 0.5) is 11.4 Å². The monoisotopic (exact) mass is 418 g/mol. The molecule has 1 N–H and O–H groups in total. The third-order valence-corrected chi connectivity index (χ3v) is 5.08. The Morgan fingerprint density at radius 3 is 2.10 bits per heavy atom. The van der Waals surface area contributed by atoms with Crippen LogP contribution in [0.1, 0.15) is 12.5 Å². The summed E-state index contributed by atoms with van der Waals surface area (Å²) in [7, 11) is 0. The number of carbonyl (C=O) groups excluding carboxylic acids is 2. The fourth-order valence-corrected chi connectivity index (χ4v) is 3.31. The van der Waals surface area contributed by atoms with Crippen molar-refractivity contribution in [3.63, 3.8) is 0 Å². The predicted octanol–water partition coefficient (Wildman–Crippen LogP) is 5.48. The molecule has 0 aliphatic carbocycles. The first-order valence-electron chi connectivity index (χ1n) is 9.54. The van der Waals surface area contributed by atoms with Gasteiger partial charge in [0.1, 0.15) is 22.2 Å². The molecule has 0 unspecified atom stereocenters. The molecule has 6 heteroatoms. The molecule has 4 rings (SSSR count). The first kappa shape index (κ1) is 19.7. The number of halogens is 1. The van der Waals surface area contributed by atoms with E-state index in [0.29, 0.717) is 22.9 Å². The topological polar surface area (TPSA) is 58.6 Å². The lowest BCUT2D eigenvalue weighted by molar-refractivity contribution is -0.120. The van der Waals surface area contributed by atoms with E-state index in [0.717, 1.165) is 11.3 Å². The smallest absolute Gasteiger partial charge is 0.283 e. The van der Waals surface area contributed by atoms with Crippen molar-refractivity contribution >= 4 is 34.8 Å². The molecule has 2 amide bonds. The van der Waals surface area contributed by atoms with Crippen LogP contribution >= 0.6 is 11.6 Å². The van der Waals surface area contributed by atoms with Gasteiger partial charge in [0.25, 0.3) is 11.8 Å². The Balaban J connectivity index is 1.51. The molecule has 0 bridgehead atoms. The zero-order chi connectivity index (χ0) is 21.1. The summed E-state index contributed by atoms with van der Waals surface area (Å²) in [6.45, 7) is 2.06. The van der Waals surface area contributed by atoms with Crippen molar-refractivity contribution in [3.05, 3.63) is 95.2 Å². The van der Waals surface area contributed by atoms with Gasteiger partial charge < -0.3 is 10.1 Å². The number of benzene rings is 3. The highest BCUT2D eigenvalue weighted by Gasteiger charge is 2.38. The molecule has 30 heavy (non-hydrogen) atoms. The van der Waals surface area contributed by atoms with Crippen LogP contribution in [0.2, 0.25) is 0 Å². The first-order valence-corrected chi connectivity index (χ1v) is 9.92. The van der Waals surface area contributed by atoms with Crippen molar-refractivity contribution in [1.29, 1.82) is 0 Å². The van der Waals surface area contributed by atoms with Crippen LogP contribution in [0.25, 0.3) is 0 Å². The van der Waals surface area contributed by atoms with Gasteiger partial charge in [-0.15, -0.1) is 0 Å². The van der Waals surface area contributed by atoms with Crippen LogP contribution in [0.5, 0.6) is 11.5 Å². The minimum Gasteiger partial charge on any atom is -0.457 e. The second-order valence-electron chi connectivity index (χ2n) is 6.72. The Labute approximate surface area is 179 Å². The van der Waals surface area contributed by atoms with Crippen LogP contribution < -0.4 is 15.0 Å². The molecule has 5 nitrogen and oxygen atoms in total. The average Bonchev–Trinajstić information content (AvgIpc) is 2.99. The lowest BCUT2D eigenvalue weighted by Gasteiger charge is -2.16. The summed E-state index contributed by atoms with van der Waals surface area (Å²) in [5.74, 6) is 0.230. The second kappa shape index (κ2) is 8.43. The molecule has 3 aromatic rings. The highest BCUT2D eigenvalue weighted by Crippen LogP contribution is 2.32. The highest BCUT2D eigenvalue weighted by atomic mass is 35.5. The fraction of sp³-hybridized carbons (Fsp3) is 0.0833. The lowest BCUT2D eigenvalue weighted by Crippen LogP contribution is -2.32. The van der Waals surface area contributed by atoms with Crippen molar-refractivity contribution in [3.8, 4) is 11.5 Å². The minimum atomic E-state index is -0.564. The van der Waals surface area contributed by atoms with E-state index in [1.165, 1.54) is 5.56 Å². The van der Waals surface area contributed by atoms with Crippen LogP contribution in [-0.4, -0.2) is 11.8 Å². The molecule has 0 saturated heterocycles. The van der Waals surface area contributed by atoms with E-state index in [-0.39, 0.29) is 10.7 Å². The van der Waals surface area contributed by atoms with Gasteiger partial charge in [0.2, 0.25) is 0 Å². The number of para-hydroxylation sites is 1. The molecule has 0 atom stereocenters. The number of hydrogen-bond donors (Lipinski definition) is 1. The van der Waals surface area contributed by atoms with Crippen molar-refractivity contribution in [2.75, 3.05) is 10.2 Å². The zero-order valence-electron chi connectivity index (χ0n) is 16.3. The number of amides is 2. The third kappa shape index (κ3) is 3.93. The van der Waals surface area contributed by atoms with Gasteiger partial charge in [0.15, 0.2) is 0 Å². The number of ether oxygens (including phenoxy) is 1. The molecule has 0 fully saturated rings. The van der Waals surface area contributed by atoms with Crippen LogP contribution in [-0.2, 0) is 16.0 Å². The number of anilines is 2. The van der Waals surface area contributed by atoms with Gasteiger partial charge in [0, 0.05) is 5.69 Å². The maximum Gasteiger partial charge on any atom is 0.283 e. The molecule has 0 radical (unpaired) electrons. The van der Waals surface area contributed by atoms with Crippen molar-refractivity contribution in [1.82, 2.24) is 0 Å². The van der Waals surface area contributed by atoms with E-state index in [4.69, 9.17) is 16.3 Å². The molecule has 1 aliphatic heterocycles. The van der Waals surface area contributed by atoms with Crippen molar-refractivity contribution in [2.45, 2.75) is 13.3 Å². The van der Waals surface area contributed by atoms with E-state index in [2.05, 4.69) is 12.2 Å². The molecule has 150 valence electrons. The summed E-state index contributed by atoms with van der Waals surface area (Å²) in [5, 5.41) is 2.84. The molecule has 1 aliphatic rings. The number of nitrogens with one attached hydrogen (secondary N) is 1. The normalized spacial score (nSPS) is 13.7. The molecule has 3 aromatic carbocycles. The highest BCUT2D eigenvalue weighted by molar-refractivity contribution is 6.53. The van der Waals surface area contributed by atoms with Gasteiger partial charge in [-0.3, -0.25) is 9.59 Å². The summed E-state index contributed by atoms with van der Waals surface area (Å²) in [4.78, 5) is 26.6. The summed E-state index contributed by atoms with van der Waals surface area (Å²) in [6, 6.07) is 23.7. The molecule has 0 aromatic heterocycles. The van der Waals surface area contributed by atoms with Gasteiger partial charge in [-0.25, -0.2) is 4.90 Å². The van der Waals surface area contributed by atoms with Crippen molar-refractivity contribution in [2.24, 2.45) is 0 Å². The van der Waals surface area contributed by atoms with Crippen LogP contribution in [0.3, 0.4) is 0 Å². The second-order valence-corrected chi connectivity index (χ2v) is 7.10. The van der Waals surface area contributed by atoms with Gasteiger partial charge >= 0.3 is 0 Å². The molecule has 1 heterocycles. The van der Waals surface area contributed by atoms with Gasteiger partial charge in [-0.1, -0.05) is 48.9 Å². The summed E-state index contributed by atoms with van der Waals surface area (Å²) in [6.07, 6.45) is 0.916. The van der Waals surface area contributed by atoms with E-state index in [9.17, 15) is 9.59 Å². The van der Waals surface area contributed by atoms with E-state index < -0.39 is 11.8 Å². The summed E-state index contributed by atoms with van der Waals surface area (Å²) >= 11 is 6.20. The van der Waals surface area contributed by atoms with Gasteiger partial charge in [-0.05, 0) is 60.5 Å². The molecule has 0 saturated carbocycles. The quantitative estimate of drug-likeness (QED) is 0.539. The number of nitrogens with zero attached hydrogens (tertiary/aromatic N) is 1. The summed E-state index contributed by atoms with van der Waals surface area (Å²) < 4.78 is 5.75. The fourth-order valence-electron chi connectivity index (χ4n) is 3.10. The maximum absolute atomic E-state index is 12.9. The number of rotatable bonds is 6. The maximum atomic E-state index is 12.9. The number of hydrogen-bond acceptors (Lipinski definition) is 4. The minimum absolute atomic E-state index is 0.0653. The van der Waals surface area contributed by atoms with E-state index in [1.807, 2.05) is 54.6 Å². The number of carbonyl (C=O) groups is 2. The predicted molar refractivity (Wildman–Crippen MR) is 118 cm³/mol. The van der Waals surface area contributed by atoms with E-state index >= 15 is 0 Å². The third-order valence-electron chi connectivity index (χ3n) is 4.73. The van der Waals surface area contributed by atoms with Crippen molar-refractivity contribution < 1.29 is 14.3 Å². The molecular formula is C24H19ClN2O3.